The number of benzene rings is 1. The highest BCUT2D eigenvalue weighted by Gasteiger charge is 2.34. The molecule has 29 heavy (non-hydrogen) atoms. The highest BCUT2D eigenvalue weighted by atomic mass is 35.5. The molecule has 2 amide bonds. The quantitative estimate of drug-likeness (QED) is 0.702. The first kappa shape index (κ1) is 20.3. The Balaban J connectivity index is 1.91. The summed E-state index contributed by atoms with van der Waals surface area (Å²) in [5.41, 5.74) is 0.988. The van der Waals surface area contributed by atoms with E-state index in [0.717, 1.165) is 0 Å². The number of aromatic nitrogens is 1. The van der Waals surface area contributed by atoms with Crippen molar-refractivity contribution >= 4 is 29.6 Å². The lowest BCUT2D eigenvalue weighted by atomic mass is 9.95. The predicted molar refractivity (Wildman–Crippen MR) is 104 cm³/mol. The highest BCUT2D eigenvalue weighted by Crippen LogP contribution is 2.28. The van der Waals surface area contributed by atoms with Gasteiger partial charge >= 0.3 is 18.0 Å². The number of pyridine rings is 1. The van der Waals surface area contributed by atoms with E-state index < -0.39 is 24.0 Å². The molecule has 2 N–H and O–H groups in total. The minimum Gasteiger partial charge on any atom is -0.463 e. The van der Waals surface area contributed by atoms with Crippen LogP contribution in [0.25, 0.3) is 0 Å². The molecule has 0 saturated carbocycles. The maximum Gasteiger partial charge on any atom is 0.357 e. The third-order valence-corrected chi connectivity index (χ3v) is 4.30. The molecule has 1 aliphatic rings. The molecular formula is C20H18ClN3O5. The first-order valence-electron chi connectivity index (χ1n) is 8.81. The molecule has 0 aliphatic carbocycles. The summed E-state index contributed by atoms with van der Waals surface area (Å²) >= 11 is 5.86. The van der Waals surface area contributed by atoms with E-state index in [0.29, 0.717) is 10.6 Å². The minimum atomic E-state index is -0.748. The van der Waals surface area contributed by atoms with Crippen LogP contribution in [0.1, 0.15) is 29.0 Å². The van der Waals surface area contributed by atoms with Crippen LogP contribution in [0.5, 0.6) is 0 Å². The molecule has 1 aliphatic heterocycles. The Hall–Kier alpha value is -3.39. The van der Waals surface area contributed by atoms with Gasteiger partial charge in [-0.3, -0.25) is 0 Å². The van der Waals surface area contributed by atoms with E-state index in [4.69, 9.17) is 21.1 Å². The number of halogens is 1. The van der Waals surface area contributed by atoms with Gasteiger partial charge in [0, 0.05) is 11.2 Å². The molecule has 1 aromatic carbocycles. The second-order valence-electron chi connectivity index (χ2n) is 5.99. The number of urea groups is 1. The molecule has 0 bridgehead atoms. The van der Waals surface area contributed by atoms with Gasteiger partial charge in [0.15, 0.2) is 0 Å². The van der Waals surface area contributed by atoms with E-state index in [-0.39, 0.29) is 30.2 Å². The lowest BCUT2D eigenvalue weighted by molar-refractivity contribution is -0.139. The van der Waals surface area contributed by atoms with Crippen LogP contribution in [0.15, 0.2) is 59.9 Å². The maximum absolute atomic E-state index is 12.6. The van der Waals surface area contributed by atoms with E-state index in [2.05, 4.69) is 15.6 Å². The first-order chi connectivity index (χ1) is 14.0. The van der Waals surface area contributed by atoms with Crippen LogP contribution in [0, 0.1) is 0 Å². The largest absolute Gasteiger partial charge is 0.463 e. The van der Waals surface area contributed by atoms with Crippen LogP contribution < -0.4 is 10.6 Å². The zero-order chi connectivity index (χ0) is 20.8. The summed E-state index contributed by atoms with van der Waals surface area (Å²) in [6.07, 6.45) is 1.37. The zero-order valence-electron chi connectivity index (χ0n) is 15.5. The smallest absolute Gasteiger partial charge is 0.357 e. The van der Waals surface area contributed by atoms with Crippen LogP contribution >= 0.6 is 11.6 Å². The molecular weight excluding hydrogens is 398 g/mol. The number of carbonyl (C=O) groups is 3. The summed E-state index contributed by atoms with van der Waals surface area (Å²) in [7, 11) is 0. The molecule has 2 heterocycles. The minimum absolute atomic E-state index is 0.00987. The van der Waals surface area contributed by atoms with Crippen molar-refractivity contribution in [3.05, 3.63) is 76.2 Å². The molecule has 9 heteroatoms. The number of carbonyl (C=O) groups excluding carboxylic acids is 3. The van der Waals surface area contributed by atoms with Crippen molar-refractivity contribution in [2.45, 2.75) is 13.0 Å². The predicted octanol–water partition coefficient (Wildman–Crippen LogP) is 2.76. The topological polar surface area (TPSA) is 107 Å². The highest BCUT2D eigenvalue weighted by molar-refractivity contribution is 6.30. The Bertz CT molecular complexity index is 962. The van der Waals surface area contributed by atoms with Gasteiger partial charge in [0.2, 0.25) is 0 Å². The van der Waals surface area contributed by atoms with Crippen molar-refractivity contribution in [2.24, 2.45) is 0 Å². The molecule has 8 nitrogen and oxygen atoms in total. The molecule has 150 valence electrons. The van der Waals surface area contributed by atoms with Crippen molar-refractivity contribution in [1.29, 1.82) is 0 Å². The number of ether oxygens (including phenoxy) is 2. The second-order valence-corrected chi connectivity index (χ2v) is 6.43. The molecule has 0 radical (unpaired) electrons. The number of nitrogens with one attached hydrogen (secondary N) is 2. The molecule has 1 atom stereocenters. The van der Waals surface area contributed by atoms with Gasteiger partial charge in [-0.15, -0.1) is 0 Å². The molecule has 0 unspecified atom stereocenters. The lowest BCUT2D eigenvalue weighted by Gasteiger charge is -2.29. The van der Waals surface area contributed by atoms with Gasteiger partial charge in [0.25, 0.3) is 0 Å². The average Bonchev–Trinajstić information content (AvgIpc) is 2.72. The molecule has 1 aromatic heterocycles. The van der Waals surface area contributed by atoms with Gasteiger partial charge in [-0.1, -0.05) is 41.9 Å². The van der Waals surface area contributed by atoms with Gasteiger partial charge in [-0.2, -0.15) is 0 Å². The zero-order valence-corrected chi connectivity index (χ0v) is 16.2. The van der Waals surface area contributed by atoms with Gasteiger partial charge in [0.05, 0.1) is 23.9 Å². The SMILES string of the molecule is CCOC(=O)C1=C(COC(=O)c2cc(Cl)ccn2)NC(=O)N[C@@H]1c1ccccc1. The Morgan fingerprint density at radius 1 is 1.14 bits per heavy atom. The van der Waals surface area contributed by atoms with Crippen LogP contribution in [0.4, 0.5) is 4.79 Å². The van der Waals surface area contributed by atoms with Crippen molar-refractivity contribution in [1.82, 2.24) is 15.6 Å². The number of nitrogens with zero attached hydrogens (tertiary/aromatic N) is 1. The lowest BCUT2D eigenvalue weighted by Crippen LogP contribution is -2.47. The third kappa shape index (κ3) is 4.91. The van der Waals surface area contributed by atoms with Gasteiger partial charge in [0.1, 0.15) is 12.3 Å². The molecule has 0 fully saturated rings. The summed E-state index contributed by atoms with van der Waals surface area (Å²) in [4.78, 5) is 40.9. The normalized spacial score (nSPS) is 15.9. The van der Waals surface area contributed by atoms with Crippen molar-refractivity contribution in [3.63, 3.8) is 0 Å². The van der Waals surface area contributed by atoms with E-state index in [1.54, 1.807) is 31.2 Å². The Kier molecular flexibility index (Phi) is 6.46. The Labute approximate surface area is 171 Å². The summed E-state index contributed by atoms with van der Waals surface area (Å²) in [6, 6.07) is 10.6. The van der Waals surface area contributed by atoms with E-state index >= 15 is 0 Å². The summed E-state index contributed by atoms with van der Waals surface area (Å²) in [6.45, 7) is 1.48. The molecule has 3 rings (SSSR count). The molecule has 0 spiro atoms. The second kappa shape index (κ2) is 9.20. The first-order valence-corrected chi connectivity index (χ1v) is 9.18. The fourth-order valence-electron chi connectivity index (χ4n) is 2.81. The summed E-state index contributed by atoms with van der Waals surface area (Å²) < 4.78 is 10.4. The summed E-state index contributed by atoms with van der Waals surface area (Å²) in [5, 5.41) is 5.56. The number of hydrogen-bond acceptors (Lipinski definition) is 6. The van der Waals surface area contributed by atoms with Crippen molar-refractivity contribution < 1.29 is 23.9 Å². The number of rotatable bonds is 6. The van der Waals surface area contributed by atoms with E-state index in [9.17, 15) is 14.4 Å². The van der Waals surface area contributed by atoms with Gasteiger partial charge in [-0.25, -0.2) is 19.4 Å². The fourth-order valence-corrected chi connectivity index (χ4v) is 2.96. The molecule has 0 saturated heterocycles. The van der Waals surface area contributed by atoms with Crippen LogP contribution in [0.3, 0.4) is 0 Å². The maximum atomic E-state index is 12.6. The Morgan fingerprint density at radius 2 is 1.90 bits per heavy atom. The Morgan fingerprint density at radius 3 is 2.59 bits per heavy atom. The van der Waals surface area contributed by atoms with E-state index in [1.165, 1.54) is 18.3 Å². The fraction of sp³-hybridized carbons (Fsp3) is 0.200. The molecule has 2 aromatic rings. The van der Waals surface area contributed by atoms with Gasteiger partial charge in [-0.05, 0) is 24.6 Å². The third-order valence-electron chi connectivity index (χ3n) is 4.06. The van der Waals surface area contributed by atoms with Crippen molar-refractivity contribution in [2.75, 3.05) is 13.2 Å². The van der Waals surface area contributed by atoms with Crippen LogP contribution in [-0.4, -0.2) is 36.2 Å². The monoisotopic (exact) mass is 415 g/mol. The number of hydrogen-bond donors (Lipinski definition) is 2. The van der Waals surface area contributed by atoms with E-state index in [1.807, 2.05) is 6.07 Å². The van der Waals surface area contributed by atoms with Crippen LogP contribution in [0.2, 0.25) is 5.02 Å². The number of amides is 2. The van der Waals surface area contributed by atoms with Crippen LogP contribution in [-0.2, 0) is 14.3 Å². The standard InChI is InChI=1S/C20H18ClN3O5/c1-2-28-19(26)16-15(11-29-18(25)14-10-13(21)8-9-22-14)23-20(27)24-17(16)12-6-4-3-5-7-12/h3-10,17H,2,11H2,1H3,(H2,23,24,27)/t17-/m1/s1. The number of esters is 2. The average molecular weight is 416 g/mol. The van der Waals surface area contributed by atoms with Crippen molar-refractivity contribution in [3.8, 4) is 0 Å². The summed E-state index contributed by atoms with van der Waals surface area (Å²) in [5.74, 6) is -1.37. The van der Waals surface area contributed by atoms with Gasteiger partial charge < -0.3 is 20.1 Å².